The van der Waals surface area contributed by atoms with E-state index >= 15 is 0 Å². The molecule has 0 aromatic carbocycles. The van der Waals surface area contributed by atoms with E-state index in [0.717, 1.165) is 0 Å². The molecular weight excluding hydrogens is 337 g/mol. The molecule has 0 spiro atoms. The van der Waals surface area contributed by atoms with Crippen molar-refractivity contribution in [1.29, 1.82) is 0 Å². The Bertz CT molecular complexity index is 213. The molecule has 0 aromatic rings. The average molecular weight is 346 g/mol. The van der Waals surface area contributed by atoms with Crippen LogP contribution in [0.2, 0.25) is 0 Å². The summed E-state index contributed by atoms with van der Waals surface area (Å²) in [7, 11) is -9.31. The number of hydrogen-bond donors (Lipinski definition) is 5. The molecule has 0 unspecified atom stereocenters. The average Bonchev–Trinajstić information content (AvgIpc) is 1.12. The van der Waals surface area contributed by atoms with Gasteiger partial charge in [0.15, 0.2) is 0 Å². The van der Waals surface area contributed by atoms with Crippen molar-refractivity contribution in [3.05, 3.63) is 0 Å². The number of phosphoric acid groups is 1. The second-order valence-corrected chi connectivity index (χ2v) is 2.88. The fourth-order valence-electron chi connectivity index (χ4n) is 0. The first-order valence-electron chi connectivity index (χ1n) is 1.48. The second kappa shape index (κ2) is 13.2. The molecule has 0 aliphatic heterocycles. The van der Waals surface area contributed by atoms with Crippen LogP contribution in [-0.2, 0) is 34.4 Å². The Kier molecular flexibility index (Phi) is 30.2. The Morgan fingerprint density at radius 3 is 1.00 bits per heavy atom. The van der Waals surface area contributed by atoms with E-state index in [1.807, 2.05) is 0 Å². The molecular formula is H9Ca2O8PSZn. The quantitative estimate of drug-likeness (QED) is 0.194. The van der Waals surface area contributed by atoms with E-state index in [0.29, 0.717) is 0 Å². The topological polar surface area (TPSA) is 152 Å². The van der Waals surface area contributed by atoms with Gasteiger partial charge in [0, 0.05) is 19.5 Å². The first kappa shape index (κ1) is 29.8. The van der Waals surface area contributed by atoms with Crippen LogP contribution in [0, 0.1) is 0 Å². The summed E-state index contributed by atoms with van der Waals surface area (Å²) in [6.45, 7) is 0. The first-order chi connectivity index (χ1) is 4.00. The summed E-state index contributed by atoms with van der Waals surface area (Å²) in [4.78, 5) is 21.6. The van der Waals surface area contributed by atoms with Crippen LogP contribution in [0.5, 0.6) is 0 Å². The molecule has 8 nitrogen and oxygen atoms in total. The molecule has 0 bridgehead atoms. The van der Waals surface area contributed by atoms with Crippen LogP contribution in [0.1, 0.15) is 5.71 Å². The minimum atomic E-state index is -4.67. The van der Waals surface area contributed by atoms with E-state index in [1.54, 1.807) is 0 Å². The van der Waals surface area contributed by atoms with Gasteiger partial charge >= 0.3 is 93.7 Å². The van der Waals surface area contributed by atoms with Crippen LogP contribution in [0.15, 0.2) is 0 Å². The molecule has 0 rings (SSSR count). The van der Waals surface area contributed by atoms with Gasteiger partial charge in [-0.1, -0.05) is 0 Å². The van der Waals surface area contributed by atoms with E-state index in [1.165, 1.54) is 0 Å². The summed E-state index contributed by atoms with van der Waals surface area (Å²) < 4.78 is 40.5. The van der Waals surface area contributed by atoms with Crippen molar-refractivity contribution in [2.45, 2.75) is 0 Å². The summed E-state index contributed by atoms with van der Waals surface area (Å²) >= 11 is 0. The van der Waals surface area contributed by atoms with Crippen molar-refractivity contribution in [3.8, 4) is 0 Å². The third-order valence-corrected chi connectivity index (χ3v) is 0. The van der Waals surface area contributed by atoms with E-state index in [2.05, 4.69) is 0 Å². The summed E-state index contributed by atoms with van der Waals surface area (Å²) in [6, 6.07) is 0. The van der Waals surface area contributed by atoms with Crippen LogP contribution in [0.3, 0.4) is 0 Å². The smallest absolute Gasteiger partial charge is 1.00 e. The molecule has 0 fully saturated rings. The van der Waals surface area contributed by atoms with Gasteiger partial charge in [-0.25, -0.2) is 4.57 Å². The van der Waals surface area contributed by atoms with Crippen LogP contribution in [0.25, 0.3) is 0 Å². The zero-order valence-corrected chi connectivity index (χ0v) is 15.5. The van der Waals surface area contributed by atoms with Gasteiger partial charge in [-0.3, -0.25) is 9.11 Å². The van der Waals surface area contributed by atoms with Gasteiger partial charge in [0.25, 0.3) is 0 Å². The Morgan fingerprint density at radius 1 is 1.00 bits per heavy atom. The van der Waals surface area contributed by atoms with Gasteiger partial charge < -0.3 is 20.4 Å². The van der Waals surface area contributed by atoms with Crippen molar-refractivity contribution in [1.82, 2.24) is 0 Å². The SMILES string of the molecule is O=P(O)(O)O.O=S(=O)(O)O.[Ca+2].[Ca+2].[H-].[H-].[H-].[H-].[Zn]. The van der Waals surface area contributed by atoms with Gasteiger partial charge in [0.2, 0.25) is 0 Å². The van der Waals surface area contributed by atoms with Gasteiger partial charge in [-0.15, -0.1) is 0 Å². The van der Waals surface area contributed by atoms with Gasteiger partial charge in [0.1, 0.15) is 0 Å². The fourth-order valence-corrected chi connectivity index (χ4v) is 0. The second-order valence-electron chi connectivity index (χ2n) is 0.961. The molecule has 0 aliphatic rings. The van der Waals surface area contributed by atoms with Crippen LogP contribution in [0.4, 0.5) is 0 Å². The van der Waals surface area contributed by atoms with E-state index in [-0.39, 0.29) is 101 Å². The molecule has 0 aromatic heterocycles. The van der Waals surface area contributed by atoms with Crippen molar-refractivity contribution in [3.63, 3.8) is 0 Å². The summed E-state index contributed by atoms with van der Waals surface area (Å²) in [6.07, 6.45) is 0. The number of hydrogen-bond acceptors (Lipinski definition) is 3. The summed E-state index contributed by atoms with van der Waals surface area (Å²) in [5.74, 6) is 0. The summed E-state index contributed by atoms with van der Waals surface area (Å²) in [5, 5.41) is 0. The molecule has 0 aliphatic carbocycles. The van der Waals surface area contributed by atoms with Crippen molar-refractivity contribution >= 4 is 93.7 Å². The van der Waals surface area contributed by atoms with Crippen molar-refractivity contribution < 1.29 is 62.0 Å². The molecule has 0 heterocycles. The third kappa shape index (κ3) is 267. The number of rotatable bonds is 0. The maximum absolute atomic E-state index is 8.88. The molecule has 0 saturated carbocycles. The molecule has 13 heteroatoms. The normalized spacial score (nSPS) is 9.00. The van der Waals surface area contributed by atoms with Gasteiger partial charge in [0.05, 0.1) is 0 Å². The largest absolute Gasteiger partial charge is 2.00 e. The Labute approximate surface area is 153 Å². The predicted molar refractivity (Wildman–Crippen MR) is 44.4 cm³/mol. The molecule has 0 saturated heterocycles. The standard InChI is InChI=1S/2Ca.H3O4P.H2O4S.Zn.4H/c;;2*1-5(2,3)4;;;;;/h;;(H3,1,2,3,4);(H2,1,2,3,4);;;;;/q2*+2;;;;4*-1. The molecule has 13 heavy (non-hydrogen) atoms. The minimum Gasteiger partial charge on any atom is -1.00 e. The molecule has 0 radical (unpaired) electrons. The van der Waals surface area contributed by atoms with Crippen LogP contribution in [-0.4, -0.2) is 108 Å². The molecule has 0 amide bonds. The summed E-state index contributed by atoms with van der Waals surface area (Å²) in [5.41, 5.74) is 0. The molecule has 5 N–H and O–H groups in total. The monoisotopic (exact) mass is 344 g/mol. The van der Waals surface area contributed by atoms with E-state index < -0.39 is 18.2 Å². The predicted octanol–water partition coefficient (Wildman–Crippen LogP) is -1.90. The zero-order valence-electron chi connectivity index (χ0n) is 10.4. The van der Waals surface area contributed by atoms with Crippen molar-refractivity contribution in [2.75, 3.05) is 0 Å². The molecule has 0 atom stereocenters. The van der Waals surface area contributed by atoms with Gasteiger partial charge in [-0.2, -0.15) is 8.42 Å². The van der Waals surface area contributed by atoms with Gasteiger partial charge in [-0.05, 0) is 0 Å². The maximum Gasteiger partial charge on any atom is 2.00 e. The Balaban J connectivity index is -0.00000000762. The fraction of sp³-hybridized carbons (Fsp3) is 0. The zero-order chi connectivity index (χ0) is 9.00. The molecule has 74 valence electrons. The first-order valence-corrected chi connectivity index (χ1v) is 4.44. The Morgan fingerprint density at radius 2 is 1.00 bits per heavy atom. The van der Waals surface area contributed by atoms with Crippen LogP contribution < -0.4 is 0 Å². The van der Waals surface area contributed by atoms with E-state index in [9.17, 15) is 0 Å². The Hall–Kier alpha value is 3.12. The van der Waals surface area contributed by atoms with Crippen LogP contribution >= 0.6 is 7.82 Å². The van der Waals surface area contributed by atoms with Crippen molar-refractivity contribution in [2.24, 2.45) is 0 Å². The van der Waals surface area contributed by atoms with E-state index in [4.69, 9.17) is 36.8 Å². The third-order valence-electron chi connectivity index (χ3n) is 0. The minimum absolute atomic E-state index is 0. The maximum atomic E-state index is 8.88.